The number of hydrogen-bond donors (Lipinski definition) is 2. The molecular formula is C19H30N2O3. The molecular weight excluding hydrogens is 304 g/mol. The molecule has 1 saturated heterocycles. The predicted octanol–water partition coefficient (Wildman–Crippen LogP) is 3.10. The lowest BCUT2D eigenvalue weighted by Gasteiger charge is -2.22. The molecule has 2 rings (SSSR count). The van der Waals surface area contributed by atoms with E-state index in [0.29, 0.717) is 19.8 Å². The van der Waals surface area contributed by atoms with E-state index in [1.165, 1.54) is 0 Å². The average molecular weight is 334 g/mol. The van der Waals surface area contributed by atoms with E-state index >= 15 is 0 Å². The monoisotopic (exact) mass is 334 g/mol. The molecule has 0 saturated carbocycles. The number of piperidine rings is 1. The van der Waals surface area contributed by atoms with E-state index < -0.39 is 0 Å². The van der Waals surface area contributed by atoms with E-state index in [9.17, 15) is 4.79 Å². The fourth-order valence-corrected chi connectivity index (χ4v) is 2.70. The number of benzene rings is 1. The Labute approximate surface area is 145 Å². The van der Waals surface area contributed by atoms with Crippen LogP contribution in [0.5, 0.6) is 0 Å². The molecule has 24 heavy (non-hydrogen) atoms. The van der Waals surface area contributed by atoms with Crippen LogP contribution in [-0.2, 0) is 20.9 Å². The molecule has 1 aliphatic heterocycles. The summed E-state index contributed by atoms with van der Waals surface area (Å²) in [6, 6.07) is 7.77. The van der Waals surface area contributed by atoms with Crippen molar-refractivity contribution in [2.75, 3.05) is 31.7 Å². The van der Waals surface area contributed by atoms with Crippen LogP contribution in [0, 0.1) is 0 Å². The summed E-state index contributed by atoms with van der Waals surface area (Å²) in [4.78, 5) is 12.2. The molecule has 0 spiro atoms. The molecule has 1 amide bonds. The van der Waals surface area contributed by atoms with Crippen molar-refractivity contribution in [3.05, 3.63) is 29.8 Å². The number of unbranched alkanes of at least 4 members (excludes halogenated alkanes) is 1. The molecule has 1 fully saturated rings. The standard InChI is InChI=1S/C19H30N2O3/c1-2-3-11-23-12-13-24-15-16-7-6-8-17(14-16)21-19(22)18-9-4-5-10-20-18/h6-8,14,18,20H,2-5,9-13,15H2,1H3,(H,21,22). The number of amides is 1. The summed E-state index contributed by atoms with van der Waals surface area (Å²) in [6.07, 6.45) is 5.41. The van der Waals surface area contributed by atoms with Crippen LogP contribution in [0.2, 0.25) is 0 Å². The largest absolute Gasteiger partial charge is 0.379 e. The molecule has 134 valence electrons. The quantitative estimate of drug-likeness (QED) is 0.646. The van der Waals surface area contributed by atoms with Gasteiger partial charge < -0.3 is 20.1 Å². The SMILES string of the molecule is CCCCOCCOCc1cccc(NC(=O)C2CCCCN2)c1. The van der Waals surface area contributed by atoms with E-state index in [2.05, 4.69) is 17.6 Å². The Balaban J connectivity index is 1.69. The van der Waals surface area contributed by atoms with Gasteiger partial charge >= 0.3 is 0 Å². The third kappa shape index (κ3) is 6.99. The van der Waals surface area contributed by atoms with Crippen LogP contribution in [0.3, 0.4) is 0 Å². The molecule has 0 radical (unpaired) electrons. The van der Waals surface area contributed by atoms with Gasteiger partial charge in [-0.25, -0.2) is 0 Å². The van der Waals surface area contributed by atoms with Gasteiger partial charge in [0.15, 0.2) is 0 Å². The fourth-order valence-electron chi connectivity index (χ4n) is 2.70. The summed E-state index contributed by atoms with van der Waals surface area (Å²) in [5.74, 6) is 0.0529. The van der Waals surface area contributed by atoms with Gasteiger partial charge in [-0.3, -0.25) is 4.79 Å². The molecule has 1 heterocycles. The van der Waals surface area contributed by atoms with E-state index in [1.807, 2.05) is 24.3 Å². The van der Waals surface area contributed by atoms with E-state index in [1.54, 1.807) is 0 Å². The van der Waals surface area contributed by atoms with E-state index in [4.69, 9.17) is 9.47 Å². The molecule has 5 heteroatoms. The van der Waals surface area contributed by atoms with Crippen LogP contribution >= 0.6 is 0 Å². The minimum atomic E-state index is -0.0704. The summed E-state index contributed by atoms with van der Waals surface area (Å²) >= 11 is 0. The summed E-state index contributed by atoms with van der Waals surface area (Å²) in [6.45, 7) is 5.62. The van der Waals surface area contributed by atoms with Crippen molar-refractivity contribution >= 4 is 11.6 Å². The Kier molecular flexibility index (Phi) is 8.81. The predicted molar refractivity (Wildman–Crippen MR) is 96.1 cm³/mol. The van der Waals surface area contributed by atoms with Crippen molar-refractivity contribution in [1.82, 2.24) is 5.32 Å². The van der Waals surface area contributed by atoms with Gasteiger partial charge in [0, 0.05) is 12.3 Å². The molecule has 0 aromatic heterocycles. The number of nitrogens with one attached hydrogen (secondary N) is 2. The smallest absolute Gasteiger partial charge is 0.241 e. The first-order valence-corrected chi connectivity index (χ1v) is 9.08. The van der Waals surface area contributed by atoms with Gasteiger partial charge in [-0.2, -0.15) is 0 Å². The Morgan fingerprint density at radius 2 is 2.12 bits per heavy atom. The third-order valence-electron chi connectivity index (χ3n) is 4.10. The Bertz CT molecular complexity index is 487. The highest BCUT2D eigenvalue weighted by atomic mass is 16.5. The van der Waals surface area contributed by atoms with Crippen molar-refractivity contribution in [1.29, 1.82) is 0 Å². The first kappa shape index (κ1) is 18.9. The summed E-state index contributed by atoms with van der Waals surface area (Å²) in [5.41, 5.74) is 1.88. The maximum Gasteiger partial charge on any atom is 0.241 e. The van der Waals surface area contributed by atoms with Gasteiger partial charge in [0.25, 0.3) is 0 Å². The number of hydrogen-bond acceptors (Lipinski definition) is 4. The fraction of sp³-hybridized carbons (Fsp3) is 0.632. The molecule has 0 aliphatic carbocycles. The minimum absolute atomic E-state index is 0.0529. The maximum absolute atomic E-state index is 12.2. The number of carbonyl (C=O) groups is 1. The lowest BCUT2D eigenvalue weighted by Crippen LogP contribution is -2.43. The zero-order valence-corrected chi connectivity index (χ0v) is 14.7. The van der Waals surface area contributed by atoms with Gasteiger partial charge in [0.05, 0.1) is 25.9 Å². The molecule has 2 N–H and O–H groups in total. The van der Waals surface area contributed by atoms with Gasteiger partial charge in [0.1, 0.15) is 0 Å². The van der Waals surface area contributed by atoms with Crippen LogP contribution in [0.1, 0.15) is 44.6 Å². The van der Waals surface area contributed by atoms with E-state index in [-0.39, 0.29) is 11.9 Å². The first-order valence-electron chi connectivity index (χ1n) is 9.08. The number of rotatable bonds is 10. The second kappa shape index (κ2) is 11.2. The minimum Gasteiger partial charge on any atom is -0.379 e. The van der Waals surface area contributed by atoms with Crippen molar-refractivity contribution in [2.45, 2.75) is 51.7 Å². The normalized spacial score (nSPS) is 17.6. The number of anilines is 1. The van der Waals surface area contributed by atoms with Gasteiger partial charge in [0.2, 0.25) is 5.91 Å². The lowest BCUT2D eigenvalue weighted by molar-refractivity contribution is -0.118. The first-order chi connectivity index (χ1) is 11.8. The molecule has 1 unspecified atom stereocenters. The van der Waals surface area contributed by atoms with Crippen LogP contribution in [0.25, 0.3) is 0 Å². The second-order valence-corrected chi connectivity index (χ2v) is 6.21. The summed E-state index contributed by atoms with van der Waals surface area (Å²) < 4.78 is 11.1. The van der Waals surface area contributed by atoms with Crippen molar-refractivity contribution in [3.63, 3.8) is 0 Å². The van der Waals surface area contributed by atoms with Gasteiger partial charge in [-0.05, 0) is 43.5 Å². The highest BCUT2D eigenvalue weighted by Crippen LogP contribution is 2.14. The zero-order valence-electron chi connectivity index (χ0n) is 14.7. The molecule has 1 aromatic rings. The Morgan fingerprint density at radius 3 is 2.92 bits per heavy atom. The Morgan fingerprint density at radius 1 is 1.25 bits per heavy atom. The zero-order chi connectivity index (χ0) is 17.0. The van der Waals surface area contributed by atoms with Crippen LogP contribution < -0.4 is 10.6 Å². The highest BCUT2D eigenvalue weighted by molar-refractivity contribution is 5.94. The third-order valence-corrected chi connectivity index (χ3v) is 4.10. The molecule has 1 aliphatic rings. The molecule has 1 aromatic carbocycles. The lowest BCUT2D eigenvalue weighted by atomic mass is 10.0. The maximum atomic E-state index is 12.2. The number of ether oxygens (including phenoxy) is 2. The molecule has 1 atom stereocenters. The van der Waals surface area contributed by atoms with Crippen LogP contribution in [0.15, 0.2) is 24.3 Å². The molecule has 5 nitrogen and oxygen atoms in total. The van der Waals surface area contributed by atoms with Gasteiger partial charge in [-0.1, -0.05) is 31.9 Å². The average Bonchev–Trinajstić information content (AvgIpc) is 2.62. The highest BCUT2D eigenvalue weighted by Gasteiger charge is 2.20. The molecule has 0 bridgehead atoms. The van der Waals surface area contributed by atoms with Crippen LogP contribution in [-0.4, -0.2) is 38.3 Å². The summed E-state index contributed by atoms with van der Waals surface area (Å²) in [5, 5.41) is 6.26. The van der Waals surface area contributed by atoms with Crippen LogP contribution in [0.4, 0.5) is 5.69 Å². The number of carbonyl (C=O) groups excluding carboxylic acids is 1. The van der Waals surface area contributed by atoms with Crippen molar-refractivity contribution in [2.24, 2.45) is 0 Å². The van der Waals surface area contributed by atoms with Gasteiger partial charge in [-0.15, -0.1) is 0 Å². The van der Waals surface area contributed by atoms with Crippen molar-refractivity contribution in [3.8, 4) is 0 Å². The van der Waals surface area contributed by atoms with E-state index in [0.717, 1.165) is 56.5 Å². The van der Waals surface area contributed by atoms with Crippen molar-refractivity contribution < 1.29 is 14.3 Å². The second-order valence-electron chi connectivity index (χ2n) is 6.21. The summed E-state index contributed by atoms with van der Waals surface area (Å²) in [7, 11) is 0. The topological polar surface area (TPSA) is 59.6 Å². The Hall–Kier alpha value is -1.43.